The minimum Gasteiger partial charge on any atom is -0.374 e. The molecule has 0 aromatic carbocycles. The van der Waals surface area contributed by atoms with Crippen LogP contribution < -0.4 is 0 Å². The van der Waals surface area contributed by atoms with Crippen LogP contribution in [0.5, 0.6) is 0 Å². The van der Waals surface area contributed by atoms with Gasteiger partial charge in [-0.05, 0) is 33.9 Å². The number of rotatable bonds is 4. The van der Waals surface area contributed by atoms with E-state index in [0.29, 0.717) is 5.91 Å². The Morgan fingerprint density at radius 2 is 1.86 bits per heavy atom. The molecular formula is C16H31N3O2. The quantitative estimate of drug-likeness (QED) is 0.777. The summed E-state index contributed by atoms with van der Waals surface area (Å²) in [5, 5.41) is 0. The van der Waals surface area contributed by atoms with Gasteiger partial charge < -0.3 is 14.5 Å². The average Bonchev–Trinajstić information content (AvgIpc) is 2.74. The molecule has 1 amide bonds. The molecule has 0 spiro atoms. The molecule has 2 saturated heterocycles. The zero-order valence-electron chi connectivity index (χ0n) is 13.9. The normalized spacial score (nSPS) is 26.7. The minimum atomic E-state index is -0.0170. The SMILES string of the molecule is C[C@H](C(=O)N1CCCCCC1)N1CCO[C@H](CN(C)C)C1. The Hall–Kier alpha value is -0.650. The van der Waals surface area contributed by atoms with Crippen LogP contribution in [0.2, 0.25) is 0 Å². The molecule has 0 aromatic heterocycles. The first-order chi connectivity index (χ1) is 10.1. The molecule has 0 radical (unpaired) electrons. The van der Waals surface area contributed by atoms with Gasteiger partial charge in [-0.15, -0.1) is 0 Å². The van der Waals surface area contributed by atoms with E-state index in [9.17, 15) is 4.79 Å². The summed E-state index contributed by atoms with van der Waals surface area (Å²) in [5.41, 5.74) is 0. The maximum Gasteiger partial charge on any atom is 0.239 e. The Morgan fingerprint density at radius 1 is 1.19 bits per heavy atom. The van der Waals surface area contributed by atoms with Gasteiger partial charge in [-0.1, -0.05) is 12.8 Å². The van der Waals surface area contributed by atoms with E-state index in [4.69, 9.17) is 4.74 Å². The molecule has 0 aliphatic carbocycles. The second kappa shape index (κ2) is 8.11. The zero-order valence-corrected chi connectivity index (χ0v) is 13.9. The number of morpholine rings is 1. The second-order valence-electron chi connectivity index (χ2n) is 6.67. The van der Waals surface area contributed by atoms with E-state index >= 15 is 0 Å². The first kappa shape index (κ1) is 16.7. The topological polar surface area (TPSA) is 36.0 Å². The zero-order chi connectivity index (χ0) is 15.2. The highest BCUT2D eigenvalue weighted by Crippen LogP contribution is 2.15. The summed E-state index contributed by atoms with van der Waals surface area (Å²) in [4.78, 5) is 19.2. The van der Waals surface area contributed by atoms with Gasteiger partial charge in [-0.2, -0.15) is 0 Å². The number of nitrogens with zero attached hydrogens (tertiary/aromatic N) is 3. The van der Waals surface area contributed by atoms with Gasteiger partial charge in [0.05, 0.1) is 18.8 Å². The van der Waals surface area contributed by atoms with Crippen molar-refractivity contribution >= 4 is 5.91 Å². The van der Waals surface area contributed by atoms with Crippen LogP contribution in [0.15, 0.2) is 0 Å². The molecule has 5 nitrogen and oxygen atoms in total. The van der Waals surface area contributed by atoms with Crippen molar-refractivity contribution in [1.29, 1.82) is 0 Å². The summed E-state index contributed by atoms with van der Waals surface area (Å²) in [5.74, 6) is 0.308. The molecule has 2 rings (SSSR count). The van der Waals surface area contributed by atoms with Crippen LogP contribution >= 0.6 is 0 Å². The van der Waals surface area contributed by atoms with Crippen LogP contribution in [0, 0.1) is 0 Å². The first-order valence-electron chi connectivity index (χ1n) is 8.37. The lowest BCUT2D eigenvalue weighted by molar-refractivity contribution is -0.139. The van der Waals surface area contributed by atoms with Gasteiger partial charge in [-0.25, -0.2) is 0 Å². The van der Waals surface area contributed by atoms with Crippen LogP contribution in [0.4, 0.5) is 0 Å². The Labute approximate surface area is 129 Å². The van der Waals surface area contributed by atoms with Crippen LogP contribution in [0.25, 0.3) is 0 Å². The summed E-state index contributed by atoms with van der Waals surface area (Å²) in [6.07, 6.45) is 5.06. The molecular weight excluding hydrogens is 266 g/mol. The van der Waals surface area contributed by atoms with Crippen LogP contribution in [0.3, 0.4) is 0 Å². The van der Waals surface area contributed by atoms with Gasteiger partial charge in [0.15, 0.2) is 0 Å². The Morgan fingerprint density at radius 3 is 2.48 bits per heavy atom. The van der Waals surface area contributed by atoms with E-state index in [-0.39, 0.29) is 12.1 Å². The smallest absolute Gasteiger partial charge is 0.239 e. The van der Waals surface area contributed by atoms with Crippen molar-refractivity contribution in [3.63, 3.8) is 0 Å². The van der Waals surface area contributed by atoms with E-state index in [1.807, 2.05) is 0 Å². The standard InChI is InChI=1S/C16H31N3O2/c1-14(16(20)18-8-6-4-5-7-9-18)19-10-11-21-15(13-19)12-17(2)3/h14-15H,4-13H2,1-3H3/t14-,15-/m1/s1. The Balaban J connectivity index is 1.88. The second-order valence-corrected chi connectivity index (χ2v) is 6.67. The number of hydrogen-bond acceptors (Lipinski definition) is 4. The maximum absolute atomic E-state index is 12.7. The number of likely N-dealkylation sites (N-methyl/N-ethyl adjacent to an activating group) is 1. The number of hydrogen-bond donors (Lipinski definition) is 0. The average molecular weight is 297 g/mol. The van der Waals surface area contributed by atoms with E-state index in [2.05, 4.69) is 35.7 Å². The molecule has 0 aromatic rings. The van der Waals surface area contributed by atoms with E-state index in [0.717, 1.165) is 52.2 Å². The van der Waals surface area contributed by atoms with Gasteiger partial charge in [0, 0.05) is 32.7 Å². The van der Waals surface area contributed by atoms with Gasteiger partial charge in [0.2, 0.25) is 5.91 Å². The highest BCUT2D eigenvalue weighted by molar-refractivity contribution is 5.81. The molecule has 0 unspecified atom stereocenters. The molecule has 122 valence electrons. The minimum absolute atomic E-state index is 0.0170. The predicted octanol–water partition coefficient (Wildman–Crippen LogP) is 1.04. The van der Waals surface area contributed by atoms with Gasteiger partial charge in [-0.3, -0.25) is 9.69 Å². The third kappa shape index (κ3) is 4.94. The van der Waals surface area contributed by atoms with Crippen molar-refractivity contribution in [2.24, 2.45) is 0 Å². The van der Waals surface area contributed by atoms with Gasteiger partial charge >= 0.3 is 0 Å². The lowest BCUT2D eigenvalue weighted by Gasteiger charge is -2.38. The number of carbonyl (C=O) groups is 1. The first-order valence-corrected chi connectivity index (χ1v) is 8.37. The lowest BCUT2D eigenvalue weighted by atomic mass is 10.1. The van der Waals surface area contributed by atoms with Crippen molar-refractivity contribution in [2.75, 3.05) is 53.4 Å². The van der Waals surface area contributed by atoms with Crippen molar-refractivity contribution in [3.8, 4) is 0 Å². The number of amides is 1. The van der Waals surface area contributed by atoms with Crippen LogP contribution in [0.1, 0.15) is 32.6 Å². The molecule has 2 heterocycles. The molecule has 2 aliphatic rings. The van der Waals surface area contributed by atoms with Crippen molar-refractivity contribution in [3.05, 3.63) is 0 Å². The molecule has 2 fully saturated rings. The molecule has 21 heavy (non-hydrogen) atoms. The lowest BCUT2D eigenvalue weighted by Crippen LogP contribution is -2.54. The van der Waals surface area contributed by atoms with E-state index in [1.54, 1.807) is 0 Å². The highest BCUT2D eigenvalue weighted by Gasteiger charge is 2.30. The maximum atomic E-state index is 12.7. The number of carbonyl (C=O) groups excluding carboxylic acids is 1. The molecule has 2 atom stereocenters. The fraction of sp³-hybridized carbons (Fsp3) is 0.938. The number of ether oxygens (including phenoxy) is 1. The Kier molecular flexibility index (Phi) is 6.45. The van der Waals surface area contributed by atoms with Crippen molar-refractivity contribution in [2.45, 2.75) is 44.8 Å². The molecule has 0 bridgehead atoms. The fourth-order valence-corrected chi connectivity index (χ4v) is 3.32. The summed E-state index contributed by atoms with van der Waals surface area (Å²) < 4.78 is 5.81. The largest absolute Gasteiger partial charge is 0.374 e. The fourth-order valence-electron chi connectivity index (χ4n) is 3.32. The monoisotopic (exact) mass is 297 g/mol. The summed E-state index contributed by atoms with van der Waals surface area (Å²) in [6.45, 7) is 7.31. The molecule has 0 N–H and O–H groups in total. The number of likely N-dealkylation sites (tertiary alicyclic amines) is 1. The molecule has 2 aliphatic heterocycles. The third-order valence-electron chi connectivity index (χ3n) is 4.56. The van der Waals surface area contributed by atoms with E-state index in [1.165, 1.54) is 12.8 Å². The van der Waals surface area contributed by atoms with Gasteiger partial charge in [0.1, 0.15) is 0 Å². The predicted molar refractivity (Wildman–Crippen MR) is 84.4 cm³/mol. The van der Waals surface area contributed by atoms with Crippen LogP contribution in [-0.2, 0) is 9.53 Å². The highest BCUT2D eigenvalue weighted by atomic mass is 16.5. The van der Waals surface area contributed by atoms with Crippen LogP contribution in [-0.4, -0.2) is 86.2 Å². The third-order valence-corrected chi connectivity index (χ3v) is 4.56. The molecule has 5 heteroatoms. The van der Waals surface area contributed by atoms with E-state index < -0.39 is 0 Å². The van der Waals surface area contributed by atoms with Crippen molar-refractivity contribution < 1.29 is 9.53 Å². The molecule has 0 saturated carbocycles. The summed E-state index contributed by atoms with van der Waals surface area (Å²) in [6, 6.07) is -0.0170. The Bertz CT molecular complexity index is 327. The van der Waals surface area contributed by atoms with Gasteiger partial charge in [0.25, 0.3) is 0 Å². The summed E-state index contributed by atoms with van der Waals surface area (Å²) >= 11 is 0. The van der Waals surface area contributed by atoms with Crippen molar-refractivity contribution in [1.82, 2.24) is 14.7 Å². The summed E-state index contributed by atoms with van der Waals surface area (Å²) in [7, 11) is 4.13.